The number of unbranched alkanes of at least 4 members (excludes halogenated alkanes) is 31. The molecule has 0 aliphatic heterocycles. The van der Waals surface area contributed by atoms with Crippen molar-refractivity contribution in [1.82, 2.24) is 0 Å². The highest BCUT2D eigenvalue weighted by Gasteiger charge is 2.19. The third-order valence-electron chi connectivity index (χ3n) is 12.0. The number of esters is 3. The lowest BCUT2D eigenvalue weighted by Crippen LogP contribution is -2.30. The number of hydrogen-bond donors (Lipinski definition) is 0. The monoisotopic (exact) mass is 897 g/mol. The molecule has 0 spiro atoms. The highest BCUT2D eigenvalue weighted by atomic mass is 16.6. The normalized spacial score (nSPS) is 12.4. The Morgan fingerprint density at radius 3 is 0.953 bits per heavy atom. The third-order valence-corrected chi connectivity index (χ3v) is 12.0. The Balaban J connectivity index is 4.34. The van der Waals surface area contributed by atoms with Gasteiger partial charge in [0.2, 0.25) is 0 Å². The van der Waals surface area contributed by atoms with Crippen LogP contribution in [0.15, 0.2) is 48.6 Å². The minimum atomic E-state index is -0.777. The van der Waals surface area contributed by atoms with Crippen molar-refractivity contribution in [2.75, 3.05) is 13.2 Å². The zero-order valence-electron chi connectivity index (χ0n) is 42.6. The van der Waals surface area contributed by atoms with Crippen LogP contribution < -0.4 is 0 Å². The van der Waals surface area contributed by atoms with Crippen molar-refractivity contribution in [1.29, 1.82) is 0 Å². The van der Waals surface area contributed by atoms with E-state index in [0.29, 0.717) is 19.3 Å². The lowest BCUT2D eigenvalue weighted by atomic mass is 10.0. The van der Waals surface area contributed by atoms with E-state index in [4.69, 9.17) is 14.2 Å². The molecule has 64 heavy (non-hydrogen) atoms. The average molecular weight is 897 g/mol. The fourth-order valence-corrected chi connectivity index (χ4v) is 7.86. The zero-order valence-corrected chi connectivity index (χ0v) is 42.6. The van der Waals surface area contributed by atoms with Gasteiger partial charge >= 0.3 is 17.9 Å². The van der Waals surface area contributed by atoms with Crippen LogP contribution in [0.25, 0.3) is 0 Å². The molecule has 0 N–H and O–H groups in total. The van der Waals surface area contributed by atoms with Gasteiger partial charge in [0.15, 0.2) is 6.10 Å². The summed E-state index contributed by atoms with van der Waals surface area (Å²) < 4.78 is 16.8. The van der Waals surface area contributed by atoms with E-state index in [1.807, 2.05) is 0 Å². The summed E-state index contributed by atoms with van der Waals surface area (Å²) in [5.41, 5.74) is 0. The fourth-order valence-electron chi connectivity index (χ4n) is 7.86. The van der Waals surface area contributed by atoms with E-state index < -0.39 is 6.10 Å². The van der Waals surface area contributed by atoms with E-state index in [9.17, 15) is 14.4 Å². The van der Waals surface area contributed by atoms with Crippen LogP contribution in [0, 0.1) is 0 Å². The quantitative estimate of drug-likeness (QED) is 0.0262. The third kappa shape index (κ3) is 50.4. The highest BCUT2D eigenvalue weighted by molar-refractivity contribution is 5.71. The molecule has 0 amide bonds. The van der Waals surface area contributed by atoms with Crippen LogP contribution in [0.1, 0.15) is 284 Å². The average Bonchev–Trinajstić information content (AvgIpc) is 3.29. The number of carbonyl (C=O) groups is 3. The molecule has 0 aliphatic carbocycles. The molecular weight excluding hydrogens is 793 g/mol. The van der Waals surface area contributed by atoms with Crippen molar-refractivity contribution in [2.24, 2.45) is 0 Å². The zero-order chi connectivity index (χ0) is 46.5. The number of ether oxygens (including phenoxy) is 3. The van der Waals surface area contributed by atoms with Crippen molar-refractivity contribution in [3.8, 4) is 0 Å². The predicted octanol–water partition coefficient (Wildman–Crippen LogP) is 18.3. The molecule has 0 aromatic heterocycles. The molecule has 1 unspecified atom stereocenters. The molecule has 1 atom stereocenters. The summed E-state index contributed by atoms with van der Waals surface area (Å²) in [5.74, 6) is -0.884. The minimum Gasteiger partial charge on any atom is -0.462 e. The Hall–Kier alpha value is -2.63. The van der Waals surface area contributed by atoms with Gasteiger partial charge in [-0.05, 0) is 77.0 Å². The number of rotatable bonds is 50. The Bertz CT molecular complexity index is 1120. The smallest absolute Gasteiger partial charge is 0.306 e. The molecule has 0 aliphatic rings. The number of allylic oxidation sites excluding steroid dienone is 8. The minimum absolute atomic E-state index is 0.0773. The van der Waals surface area contributed by atoms with Crippen LogP contribution >= 0.6 is 0 Å². The Labute approximate surface area is 397 Å². The van der Waals surface area contributed by atoms with Crippen LogP contribution in [0.4, 0.5) is 0 Å². The lowest BCUT2D eigenvalue weighted by Gasteiger charge is -2.18. The second-order valence-corrected chi connectivity index (χ2v) is 18.5. The molecule has 0 bridgehead atoms. The fraction of sp³-hybridized carbons (Fsp3) is 0.810. The summed E-state index contributed by atoms with van der Waals surface area (Å²) in [6, 6.07) is 0. The Morgan fingerprint density at radius 2 is 0.594 bits per heavy atom. The van der Waals surface area contributed by atoms with Gasteiger partial charge in [-0.15, -0.1) is 0 Å². The van der Waals surface area contributed by atoms with E-state index in [-0.39, 0.29) is 31.1 Å². The summed E-state index contributed by atoms with van der Waals surface area (Å²) in [6.07, 6.45) is 63.8. The Kier molecular flexibility index (Phi) is 50.8. The SMILES string of the molecule is CCC/C=C\C/C=C\CCCCCCCC(=O)OCC(COC(=O)CCCCCCCCCCC/C=C\C/C=C\CCCCC)OC(=O)CCCCCCCCCCCCCCCC. The second kappa shape index (κ2) is 53.0. The largest absolute Gasteiger partial charge is 0.462 e. The molecule has 0 aromatic rings. The van der Waals surface area contributed by atoms with Gasteiger partial charge in [-0.1, -0.05) is 236 Å². The molecule has 6 heteroatoms. The van der Waals surface area contributed by atoms with Crippen LogP contribution in [0.2, 0.25) is 0 Å². The van der Waals surface area contributed by atoms with Crippen LogP contribution in [-0.2, 0) is 28.6 Å². The molecule has 6 nitrogen and oxygen atoms in total. The van der Waals surface area contributed by atoms with Crippen LogP contribution in [0.5, 0.6) is 0 Å². The van der Waals surface area contributed by atoms with Gasteiger partial charge in [-0.2, -0.15) is 0 Å². The first-order valence-electron chi connectivity index (χ1n) is 27.6. The van der Waals surface area contributed by atoms with Crippen molar-refractivity contribution in [3.63, 3.8) is 0 Å². The van der Waals surface area contributed by atoms with Gasteiger partial charge in [0.25, 0.3) is 0 Å². The molecule has 0 fully saturated rings. The molecule has 372 valence electrons. The van der Waals surface area contributed by atoms with Gasteiger partial charge in [0, 0.05) is 19.3 Å². The molecule has 0 saturated heterocycles. The lowest BCUT2D eigenvalue weighted by molar-refractivity contribution is -0.167. The first kappa shape index (κ1) is 61.4. The maximum absolute atomic E-state index is 12.8. The van der Waals surface area contributed by atoms with Gasteiger partial charge in [-0.3, -0.25) is 14.4 Å². The topological polar surface area (TPSA) is 78.9 Å². The molecule has 0 rings (SSSR count). The molecule has 0 aromatic carbocycles. The molecule has 0 radical (unpaired) electrons. The summed E-state index contributed by atoms with van der Waals surface area (Å²) in [6.45, 7) is 6.56. The van der Waals surface area contributed by atoms with Crippen LogP contribution in [-0.4, -0.2) is 37.2 Å². The van der Waals surface area contributed by atoms with E-state index in [2.05, 4.69) is 69.4 Å². The maximum Gasteiger partial charge on any atom is 0.306 e. The van der Waals surface area contributed by atoms with Crippen LogP contribution in [0.3, 0.4) is 0 Å². The second-order valence-electron chi connectivity index (χ2n) is 18.5. The first-order chi connectivity index (χ1) is 31.5. The van der Waals surface area contributed by atoms with Crippen molar-refractivity contribution < 1.29 is 28.6 Å². The summed E-state index contributed by atoms with van der Waals surface area (Å²) >= 11 is 0. The van der Waals surface area contributed by atoms with Crippen molar-refractivity contribution >= 4 is 17.9 Å². The van der Waals surface area contributed by atoms with Gasteiger partial charge < -0.3 is 14.2 Å². The standard InChI is InChI=1S/C58H104O6/c1-4-7-10-13-16-19-22-25-27-28-29-30-31-34-36-39-42-45-48-51-57(60)63-54-55(53-62-56(59)50-47-44-41-38-35-32-24-21-18-15-12-9-6-3)64-58(61)52-49-46-43-40-37-33-26-23-20-17-14-11-8-5-2/h12,15-16,19,21,24-25,27,55H,4-11,13-14,17-18,20,22-23,26,28-54H2,1-3H3/b15-12-,19-16-,24-21-,27-25-. The maximum atomic E-state index is 12.8. The van der Waals surface area contributed by atoms with Gasteiger partial charge in [0.1, 0.15) is 13.2 Å². The molecule has 0 heterocycles. The highest BCUT2D eigenvalue weighted by Crippen LogP contribution is 2.16. The van der Waals surface area contributed by atoms with Gasteiger partial charge in [0.05, 0.1) is 0 Å². The molecular formula is C58H104O6. The number of carbonyl (C=O) groups excluding carboxylic acids is 3. The summed E-state index contributed by atoms with van der Waals surface area (Å²) in [7, 11) is 0. The summed E-state index contributed by atoms with van der Waals surface area (Å²) in [4.78, 5) is 38.1. The van der Waals surface area contributed by atoms with E-state index in [1.165, 1.54) is 154 Å². The number of hydrogen-bond acceptors (Lipinski definition) is 6. The Morgan fingerprint density at radius 1 is 0.312 bits per heavy atom. The van der Waals surface area contributed by atoms with E-state index in [0.717, 1.165) is 89.9 Å². The first-order valence-corrected chi connectivity index (χ1v) is 27.6. The molecule has 0 saturated carbocycles. The predicted molar refractivity (Wildman–Crippen MR) is 275 cm³/mol. The van der Waals surface area contributed by atoms with E-state index in [1.54, 1.807) is 0 Å². The summed E-state index contributed by atoms with van der Waals surface area (Å²) in [5, 5.41) is 0. The van der Waals surface area contributed by atoms with E-state index >= 15 is 0 Å². The van der Waals surface area contributed by atoms with Crippen molar-refractivity contribution in [3.05, 3.63) is 48.6 Å². The van der Waals surface area contributed by atoms with Crippen molar-refractivity contribution in [2.45, 2.75) is 290 Å². The van der Waals surface area contributed by atoms with Gasteiger partial charge in [-0.25, -0.2) is 0 Å².